The number of nitrogens with one attached hydrogen (secondary N) is 1. The molecule has 0 amide bonds. The molecule has 0 spiro atoms. The van der Waals surface area contributed by atoms with Crippen LogP contribution in [-0.2, 0) is 12.8 Å². The van der Waals surface area contributed by atoms with Crippen LogP contribution in [0.3, 0.4) is 0 Å². The fourth-order valence-corrected chi connectivity index (χ4v) is 3.89. The molecule has 0 radical (unpaired) electrons. The van der Waals surface area contributed by atoms with Crippen LogP contribution in [0.4, 0.5) is 0 Å². The molecule has 1 unspecified atom stereocenters. The Bertz CT molecular complexity index is 543. The van der Waals surface area contributed by atoms with Crippen LogP contribution in [0.5, 0.6) is 0 Å². The maximum Gasteiger partial charge on any atom is 0.116 e. The summed E-state index contributed by atoms with van der Waals surface area (Å²) < 4.78 is 1.01. The highest BCUT2D eigenvalue weighted by Gasteiger charge is 2.23. The standard InChI is InChI=1S/C14H16BrN3S/c1-2-16-13(11-7-6-9(15)8-17-11)14-18-10-4-3-5-12(10)19-14/h6-8,13,16H,2-5H2,1H3. The molecule has 100 valence electrons. The van der Waals surface area contributed by atoms with Crippen molar-refractivity contribution in [3.63, 3.8) is 0 Å². The topological polar surface area (TPSA) is 37.8 Å². The van der Waals surface area contributed by atoms with Gasteiger partial charge in [-0.25, -0.2) is 4.98 Å². The largest absolute Gasteiger partial charge is 0.303 e. The molecule has 2 aromatic rings. The monoisotopic (exact) mass is 337 g/mol. The SMILES string of the molecule is CCNC(c1ccc(Br)cn1)c1nc2c(s1)CCC2. The van der Waals surface area contributed by atoms with Crippen molar-refractivity contribution in [3.8, 4) is 0 Å². The van der Waals surface area contributed by atoms with Gasteiger partial charge in [0.2, 0.25) is 0 Å². The maximum atomic E-state index is 4.81. The summed E-state index contributed by atoms with van der Waals surface area (Å²) in [5, 5.41) is 4.65. The summed E-state index contributed by atoms with van der Waals surface area (Å²) in [6.07, 6.45) is 5.44. The third kappa shape index (κ3) is 2.73. The van der Waals surface area contributed by atoms with Gasteiger partial charge < -0.3 is 5.32 Å². The van der Waals surface area contributed by atoms with E-state index in [1.807, 2.05) is 23.6 Å². The lowest BCUT2D eigenvalue weighted by Crippen LogP contribution is -2.22. The zero-order valence-electron chi connectivity index (χ0n) is 10.8. The molecule has 5 heteroatoms. The van der Waals surface area contributed by atoms with Crippen molar-refractivity contribution in [1.29, 1.82) is 0 Å². The Morgan fingerprint density at radius 1 is 1.42 bits per heavy atom. The van der Waals surface area contributed by atoms with E-state index in [1.165, 1.54) is 23.4 Å². The number of halogens is 1. The third-order valence-corrected chi connectivity index (χ3v) is 5.00. The van der Waals surface area contributed by atoms with E-state index < -0.39 is 0 Å². The van der Waals surface area contributed by atoms with Crippen LogP contribution in [0.25, 0.3) is 0 Å². The quantitative estimate of drug-likeness (QED) is 0.927. The van der Waals surface area contributed by atoms with Gasteiger partial charge in [-0.15, -0.1) is 11.3 Å². The van der Waals surface area contributed by atoms with Crippen molar-refractivity contribution >= 4 is 27.3 Å². The lowest BCUT2D eigenvalue weighted by molar-refractivity contribution is 0.610. The van der Waals surface area contributed by atoms with E-state index in [9.17, 15) is 0 Å². The van der Waals surface area contributed by atoms with E-state index in [1.54, 1.807) is 0 Å². The average molecular weight is 338 g/mol. The molecule has 3 nitrogen and oxygen atoms in total. The maximum absolute atomic E-state index is 4.81. The molecule has 19 heavy (non-hydrogen) atoms. The van der Waals surface area contributed by atoms with Crippen LogP contribution in [0.15, 0.2) is 22.8 Å². The van der Waals surface area contributed by atoms with E-state index >= 15 is 0 Å². The fourth-order valence-electron chi connectivity index (χ4n) is 2.41. The van der Waals surface area contributed by atoms with Crippen LogP contribution in [0.1, 0.15) is 40.7 Å². The van der Waals surface area contributed by atoms with E-state index in [4.69, 9.17) is 4.98 Å². The van der Waals surface area contributed by atoms with Gasteiger partial charge in [0.15, 0.2) is 0 Å². The minimum Gasteiger partial charge on any atom is -0.303 e. The molecule has 0 saturated carbocycles. The Balaban J connectivity index is 1.93. The molecule has 1 aliphatic rings. The van der Waals surface area contributed by atoms with Gasteiger partial charge in [0, 0.05) is 15.5 Å². The van der Waals surface area contributed by atoms with Gasteiger partial charge >= 0.3 is 0 Å². The molecule has 0 fully saturated rings. The van der Waals surface area contributed by atoms with E-state index in [2.05, 4.69) is 39.2 Å². The fraction of sp³-hybridized carbons (Fsp3) is 0.429. The zero-order valence-corrected chi connectivity index (χ0v) is 13.2. The summed E-state index contributed by atoms with van der Waals surface area (Å²) in [4.78, 5) is 10.8. The number of hydrogen-bond acceptors (Lipinski definition) is 4. The second-order valence-corrected chi connectivity index (χ2v) is 6.70. The smallest absolute Gasteiger partial charge is 0.116 e. The Morgan fingerprint density at radius 3 is 3.00 bits per heavy atom. The number of aryl methyl sites for hydroxylation is 2. The predicted octanol–water partition coefficient (Wildman–Crippen LogP) is 3.49. The number of fused-ring (bicyclic) bond motifs is 1. The average Bonchev–Trinajstić information content (AvgIpc) is 2.98. The van der Waals surface area contributed by atoms with Gasteiger partial charge in [0.05, 0.1) is 11.4 Å². The van der Waals surface area contributed by atoms with E-state index in [-0.39, 0.29) is 6.04 Å². The van der Waals surface area contributed by atoms with Crippen LogP contribution in [0, 0.1) is 0 Å². The molecule has 0 bridgehead atoms. The molecule has 1 aliphatic carbocycles. The van der Waals surface area contributed by atoms with Gasteiger partial charge in [-0.2, -0.15) is 0 Å². The number of aromatic nitrogens is 2. The highest BCUT2D eigenvalue weighted by Crippen LogP contribution is 2.32. The summed E-state index contributed by atoms with van der Waals surface area (Å²) >= 11 is 5.27. The first kappa shape index (κ1) is 13.2. The number of thiazole rings is 1. The van der Waals surface area contributed by atoms with Crippen molar-refractivity contribution in [2.24, 2.45) is 0 Å². The second-order valence-electron chi connectivity index (χ2n) is 4.67. The van der Waals surface area contributed by atoms with Crippen molar-refractivity contribution in [2.45, 2.75) is 32.2 Å². The molecule has 2 heterocycles. The molecular formula is C14H16BrN3S. The molecule has 0 saturated heterocycles. The second kappa shape index (κ2) is 5.69. The Hall–Kier alpha value is -0.780. The third-order valence-electron chi connectivity index (χ3n) is 3.31. The van der Waals surface area contributed by atoms with Gasteiger partial charge in [-0.3, -0.25) is 4.98 Å². The molecule has 0 aromatic carbocycles. The number of rotatable bonds is 4. The van der Waals surface area contributed by atoms with E-state index in [0.29, 0.717) is 0 Å². The Morgan fingerprint density at radius 2 is 2.32 bits per heavy atom. The molecular weight excluding hydrogens is 322 g/mol. The van der Waals surface area contributed by atoms with Crippen LogP contribution in [0.2, 0.25) is 0 Å². The van der Waals surface area contributed by atoms with Crippen molar-refractivity contribution in [3.05, 3.63) is 44.1 Å². The molecule has 1 N–H and O–H groups in total. The first-order valence-electron chi connectivity index (χ1n) is 6.61. The summed E-state index contributed by atoms with van der Waals surface area (Å²) in [6, 6.07) is 4.21. The summed E-state index contributed by atoms with van der Waals surface area (Å²) in [6.45, 7) is 3.03. The first-order chi connectivity index (χ1) is 9.28. The molecule has 3 rings (SSSR count). The highest BCUT2D eigenvalue weighted by atomic mass is 79.9. The van der Waals surface area contributed by atoms with Crippen molar-refractivity contribution in [1.82, 2.24) is 15.3 Å². The minimum atomic E-state index is 0.119. The highest BCUT2D eigenvalue weighted by molar-refractivity contribution is 9.10. The Kier molecular flexibility index (Phi) is 3.96. The number of hydrogen-bond donors (Lipinski definition) is 1. The number of pyridine rings is 1. The summed E-state index contributed by atoms with van der Waals surface area (Å²) in [7, 11) is 0. The number of nitrogens with zero attached hydrogens (tertiary/aromatic N) is 2. The van der Waals surface area contributed by atoms with Gasteiger partial charge in [0.25, 0.3) is 0 Å². The normalized spacial score (nSPS) is 15.5. The van der Waals surface area contributed by atoms with Crippen LogP contribution >= 0.6 is 27.3 Å². The van der Waals surface area contributed by atoms with Crippen molar-refractivity contribution < 1.29 is 0 Å². The lowest BCUT2D eigenvalue weighted by atomic mass is 10.2. The summed E-state index contributed by atoms with van der Waals surface area (Å²) in [5.41, 5.74) is 2.34. The van der Waals surface area contributed by atoms with Gasteiger partial charge in [0.1, 0.15) is 11.0 Å². The lowest BCUT2D eigenvalue weighted by Gasteiger charge is -2.14. The minimum absolute atomic E-state index is 0.119. The first-order valence-corrected chi connectivity index (χ1v) is 8.22. The van der Waals surface area contributed by atoms with Crippen molar-refractivity contribution in [2.75, 3.05) is 6.54 Å². The van der Waals surface area contributed by atoms with Crippen LogP contribution in [-0.4, -0.2) is 16.5 Å². The molecule has 1 atom stereocenters. The van der Waals surface area contributed by atoms with Gasteiger partial charge in [-0.1, -0.05) is 6.92 Å². The van der Waals surface area contributed by atoms with E-state index in [0.717, 1.165) is 28.1 Å². The zero-order chi connectivity index (χ0) is 13.2. The predicted molar refractivity (Wildman–Crippen MR) is 81.6 cm³/mol. The Labute approximate surface area is 125 Å². The molecule has 2 aromatic heterocycles. The van der Waals surface area contributed by atoms with Gasteiger partial charge in [-0.05, 0) is 53.9 Å². The van der Waals surface area contributed by atoms with Crippen LogP contribution < -0.4 is 5.32 Å². The molecule has 0 aliphatic heterocycles. The summed E-state index contributed by atoms with van der Waals surface area (Å²) in [5.74, 6) is 0.